The zero-order valence-electron chi connectivity index (χ0n) is 19.8. The summed E-state index contributed by atoms with van der Waals surface area (Å²) in [5.74, 6) is 2.65. The zero-order chi connectivity index (χ0) is 23.2. The van der Waals surface area contributed by atoms with Crippen LogP contribution in [0.15, 0.2) is 47.2 Å². The Bertz CT molecular complexity index is 1120. The summed E-state index contributed by atoms with van der Waals surface area (Å²) in [6.45, 7) is 8.22. The van der Waals surface area contributed by atoms with Gasteiger partial charge in [-0.1, -0.05) is 50.2 Å². The van der Waals surface area contributed by atoms with Gasteiger partial charge in [-0.05, 0) is 43.0 Å². The first-order valence-electron chi connectivity index (χ1n) is 11.7. The molecule has 2 fully saturated rings. The molecule has 7 nitrogen and oxygen atoms in total. The lowest BCUT2D eigenvalue weighted by Crippen LogP contribution is -2.63. The minimum Gasteiger partial charge on any atom is -0.482 e. The maximum atomic E-state index is 12.3. The van der Waals surface area contributed by atoms with E-state index in [1.807, 2.05) is 18.2 Å². The maximum absolute atomic E-state index is 12.3. The molecule has 1 saturated heterocycles. The Morgan fingerprint density at radius 1 is 1.18 bits per heavy atom. The lowest BCUT2D eigenvalue weighted by Gasteiger charge is -2.55. The van der Waals surface area contributed by atoms with Crippen molar-refractivity contribution in [3.63, 3.8) is 0 Å². The van der Waals surface area contributed by atoms with Crippen LogP contribution in [-0.2, 0) is 12.2 Å². The number of hydrogen-bond donors (Lipinski definition) is 1. The summed E-state index contributed by atoms with van der Waals surface area (Å²) in [4.78, 5) is 11.0. The molecule has 33 heavy (non-hydrogen) atoms. The molecule has 3 heterocycles. The van der Waals surface area contributed by atoms with E-state index in [1.165, 1.54) is 5.56 Å². The average molecular weight is 449 g/mol. The average Bonchev–Trinajstić information content (AvgIpc) is 3.54. The van der Waals surface area contributed by atoms with E-state index in [2.05, 4.69) is 60.0 Å². The molecular weight excluding hydrogens is 416 g/mol. The Labute approximate surface area is 194 Å². The number of benzene rings is 1. The van der Waals surface area contributed by atoms with E-state index in [4.69, 9.17) is 9.26 Å². The molecule has 0 unspecified atom stereocenters. The van der Waals surface area contributed by atoms with Crippen molar-refractivity contribution in [1.29, 1.82) is 0 Å². The number of ether oxygens (including phenoxy) is 1. The number of aliphatic hydroxyl groups is 1. The molecule has 174 valence electrons. The van der Waals surface area contributed by atoms with Crippen molar-refractivity contribution < 1.29 is 14.4 Å². The van der Waals surface area contributed by atoms with Crippen LogP contribution in [0.1, 0.15) is 73.9 Å². The molecule has 0 amide bonds. The van der Waals surface area contributed by atoms with Gasteiger partial charge in [0, 0.05) is 36.2 Å². The number of hydrogen-bond acceptors (Lipinski definition) is 7. The Balaban J connectivity index is 1.43. The highest BCUT2D eigenvalue weighted by Crippen LogP contribution is 2.50. The van der Waals surface area contributed by atoms with Crippen LogP contribution in [0.3, 0.4) is 0 Å². The first kappa shape index (κ1) is 22.0. The molecule has 2 aromatic heterocycles. The molecule has 0 radical (unpaired) electrons. The number of likely N-dealkylation sites (tertiary alicyclic amines) is 1. The van der Waals surface area contributed by atoms with Gasteiger partial charge in [0.1, 0.15) is 11.4 Å². The predicted molar refractivity (Wildman–Crippen MR) is 124 cm³/mol. The van der Waals surface area contributed by atoms with Crippen molar-refractivity contribution in [2.24, 2.45) is 5.41 Å². The van der Waals surface area contributed by atoms with E-state index in [-0.39, 0.29) is 12.0 Å². The summed E-state index contributed by atoms with van der Waals surface area (Å²) in [6, 6.07) is 10.2. The largest absolute Gasteiger partial charge is 0.482 e. The van der Waals surface area contributed by atoms with Gasteiger partial charge in [-0.15, -0.1) is 0 Å². The molecule has 5 rings (SSSR count). The maximum Gasteiger partial charge on any atom is 0.264 e. The van der Waals surface area contributed by atoms with Crippen molar-refractivity contribution in [1.82, 2.24) is 20.0 Å². The van der Waals surface area contributed by atoms with Gasteiger partial charge in [0.05, 0.1) is 6.20 Å². The third kappa shape index (κ3) is 4.04. The van der Waals surface area contributed by atoms with Crippen LogP contribution >= 0.6 is 0 Å². The Morgan fingerprint density at radius 2 is 1.91 bits per heavy atom. The fourth-order valence-electron chi connectivity index (χ4n) is 5.02. The second-order valence-electron chi connectivity index (χ2n) is 10.2. The molecular formula is C26H32N4O3. The van der Waals surface area contributed by atoms with Crippen molar-refractivity contribution in [3.8, 4) is 5.75 Å². The second-order valence-corrected chi connectivity index (χ2v) is 10.2. The van der Waals surface area contributed by atoms with Crippen LogP contribution in [0.5, 0.6) is 5.75 Å². The lowest BCUT2D eigenvalue weighted by molar-refractivity contribution is -0.127. The predicted octanol–water partition coefficient (Wildman–Crippen LogP) is 4.23. The van der Waals surface area contributed by atoms with Crippen LogP contribution in [0.4, 0.5) is 0 Å². The summed E-state index contributed by atoms with van der Waals surface area (Å²) in [6.07, 6.45) is 5.64. The highest BCUT2D eigenvalue weighted by atomic mass is 16.5. The molecule has 3 aromatic rings. The highest BCUT2D eigenvalue weighted by Gasteiger charge is 2.55. The molecule has 1 aliphatic carbocycles. The van der Waals surface area contributed by atoms with Gasteiger partial charge >= 0.3 is 0 Å². The molecule has 1 saturated carbocycles. The van der Waals surface area contributed by atoms with Crippen LogP contribution in [0.25, 0.3) is 0 Å². The zero-order valence-corrected chi connectivity index (χ0v) is 19.8. The molecule has 1 N–H and O–H groups in total. The van der Waals surface area contributed by atoms with E-state index in [0.717, 1.165) is 42.9 Å². The minimum atomic E-state index is -1.20. The summed E-state index contributed by atoms with van der Waals surface area (Å²) in [7, 11) is 2.07. The summed E-state index contributed by atoms with van der Waals surface area (Å²) in [5, 5.41) is 16.3. The highest BCUT2D eigenvalue weighted by molar-refractivity contribution is 5.42. The molecule has 1 aliphatic heterocycles. The van der Waals surface area contributed by atoms with Crippen molar-refractivity contribution in [2.75, 3.05) is 20.1 Å². The van der Waals surface area contributed by atoms with Gasteiger partial charge in [-0.3, -0.25) is 4.98 Å². The third-order valence-electron chi connectivity index (χ3n) is 7.03. The van der Waals surface area contributed by atoms with Crippen LogP contribution in [0.2, 0.25) is 0 Å². The van der Waals surface area contributed by atoms with E-state index >= 15 is 0 Å². The molecule has 2 aliphatic rings. The van der Waals surface area contributed by atoms with Crippen LogP contribution < -0.4 is 4.74 Å². The van der Waals surface area contributed by atoms with Gasteiger partial charge < -0.3 is 19.3 Å². The van der Waals surface area contributed by atoms with Crippen molar-refractivity contribution >= 4 is 0 Å². The summed E-state index contributed by atoms with van der Waals surface area (Å²) < 4.78 is 11.2. The quantitative estimate of drug-likeness (QED) is 0.552. The molecule has 1 aromatic carbocycles. The molecule has 0 spiro atoms. The smallest absolute Gasteiger partial charge is 0.264 e. The Hall–Kier alpha value is -2.77. The number of nitrogens with zero attached hydrogens (tertiary/aromatic N) is 4. The fourth-order valence-corrected chi connectivity index (χ4v) is 5.02. The van der Waals surface area contributed by atoms with Crippen molar-refractivity contribution in [2.45, 2.75) is 57.7 Å². The van der Waals surface area contributed by atoms with E-state index in [9.17, 15) is 5.11 Å². The number of aromatic nitrogens is 3. The normalized spacial score (nSPS) is 19.8. The lowest BCUT2D eigenvalue weighted by atomic mass is 9.62. The van der Waals surface area contributed by atoms with Crippen molar-refractivity contribution in [3.05, 3.63) is 71.1 Å². The van der Waals surface area contributed by atoms with E-state index in [1.54, 1.807) is 12.4 Å². The van der Waals surface area contributed by atoms with E-state index < -0.39 is 5.60 Å². The summed E-state index contributed by atoms with van der Waals surface area (Å²) >= 11 is 0. The van der Waals surface area contributed by atoms with E-state index in [0.29, 0.717) is 23.5 Å². The van der Waals surface area contributed by atoms with Gasteiger partial charge in [0.25, 0.3) is 5.89 Å². The summed E-state index contributed by atoms with van der Waals surface area (Å²) in [5.41, 5.74) is 1.28. The van der Waals surface area contributed by atoms with Gasteiger partial charge in [0.15, 0.2) is 12.4 Å². The van der Waals surface area contributed by atoms with Gasteiger partial charge in [0.2, 0.25) is 0 Å². The van der Waals surface area contributed by atoms with Crippen LogP contribution in [-0.4, -0.2) is 45.3 Å². The first-order chi connectivity index (χ1) is 15.8. The molecule has 1 atom stereocenters. The second kappa shape index (κ2) is 8.22. The van der Waals surface area contributed by atoms with Gasteiger partial charge in [-0.2, -0.15) is 4.98 Å². The topological polar surface area (TPSA) is 84.5 Å². The Kier molecular flexibility index (Phi) is 5.49. The monoisotopic (exact) mass is 448 g/mol. The molecule has 7 heteroatoms. The SMILES string of the molecule is CC(C)c1ccc([C@](O)(c2cncc(OCc3nc(C4CC4)no3)c2)C2(C)CN(C)C2)cc1. The first-order valence-corrected chi connectivity index (χ1v) is 11.7. The number of pyridine rings is 1. The number of rotatable bonds is 8. The standard InChI is InChI=1S/C26H32N4O3/c1-17(2)18-7-9-20(10-8-18)26(31,25(3)15-30(4)16-25)21-11-22(13-27-12-21)32-14-23-28-24(29-33-23)19-5-6-19/h7-13,17,19,31H,5-6,14-16H2,1-4H3/t26-/m0/s1. The minimum absolute atomic E-state index is 0.173. The third-order valence-corrected chi connectivity index (χ3v) is 7.03. The van der Waals surface area contributed by atoms with Gasteiger partial charge in [-0.25, -0.2) is 0 Å². The Morgan fingerprint density at radius 3 is 2.55 bits per heavy atom. The van der Waals surface area contributed by atoms with Crippen LogP contribution in [0, 0.1) is 5.41 Å². The molecule has 0 bridgehead atoms. The fraction of sp³-hybridized carbons (Fsp3) is 0.500.